The molecule has 26 heavy (non-hydrogen) atoms. The topological polar surface area (TPSA) is 68.8 Å². The van der Waals surface area contributed by atoms with Crippen molar-refractivity contribution in [3.63, 3.8) is 0 Å². The quantitative estimate of drug-likeness (QED) is 0.639. The lowest BCUT2D eigenvalue weighted by molar-refractivity contribution is -0.116. The molecular formula is C20H26N2O4. The van der Waals surface area contributed by atoms with Gasteiger partial charge >= 0.3 is 0 Å². The summed E-state index contributed by atoms with van der Waals surface area (Å²) in [5.74, 6) is 2.04. The minimum absolute atomic E-state index is 0.0673. The highest BCUT2D eigenvalue weighted by atomic mass is 16.5. The standard InChI is InChI=1S/C20H26N2O4/c1-24-16-6-4-5-15(13-16)9-11-21-12-10-20(23)22-18-8-7-17(25-2)14-19(18)26-3/h4-8,13-14,21H,9-12H2,1-3H3,(H,22,23). The van der Waals surface area contributed by atoms with Crippen molar-refractivity contribution in [3.8, 4) is 17.2 Å². The first kappa shape index (κ1) is 19.6. The van der Waals surface area contributed by atoms with Crippen LogP contribution in [0.15, 0.2) is 42.5 Å². The highest BCUT2D eigenvalue weighted by Gasteiger charge is 2.08. The van der Waals surface area contributed by atoms with E-state index in [4.69, 9.17) is 14.2 Å². The largest absolute Gasteiger partial charge is 0.497 e. The van der Waals surface area contributed by atoms with Crippen LogP contribution in [-0.2, 0) is 11.2 Å². The van der Waals surface area contributed by atoms with Gasteiger partial charge in [0.2, 0.25) is 5.91 Å². The second kappa shape index (κ2) is 10.3. The van der Waals surface area contributed by atoms with Crippen molar-refractivity contribution < 1.29 is 19.0 Å². The molecule has 0 bridgehead atoms. The summed E-state index contributed by atoms with van der Waals surface area (Å²) in [6.07, 6.45) is 1.26. The molecule has 0 fully saturated rings. The summed E-state index contributed by atoms with van der Waals surface area (Å²) in [6, 6.07) is 13.3. The number of anilines is 1. The molecular weight excluding hydrogens is 332 g/mol. The van der Waals surface area contributed by atoms with Gasteiger partial charge in [-0.15, -0.1) is 0 Å². The van der Waals surface area contributed by atoms with Crippen LogP contribution in [0.3, 0.4) is 0 Å². The fraction of sp³-hybridized carbons (Fsp3) is 0.350. The Morgan fingerprint density at radius 2 is 1.69 bits per heavy atom. The first-order chi connectivity index (χ1) is 12.7. The van der Waals surface area contributed by atoms with E-state index < -0.39 is 0 Å². The summed E-state index contributed by atoms with van der Waals surface area (Å²) in [5.41, 5.74) is 1.83. The minimum Gasteiger partial charge on any atom is -0.497 e. The van der Waals surface area contributed by atoms with Crippen LogP contribution in [0.5, 0.6) is 17.2 Å². The molecule has 0 heterocycles. The van der Waals surface area contributed by atoms with Crippen molar-refractivity contribution in [1.82, 2.24) is 5.32 Å². The SMILES string of the molecule is COc1cccc(CCNCCC(=O)Nc2ccc(OC)cc2OC)c1. The number of methoxy groups -OCH3 is 3. The van der Waals surface area contributed by atoms with Crippen molar-refractivity contribution in [3.05, 3.63) is 48.0 Å². The van der Waals surface area contributed by atoms with Crippen LogP contribution in [0.4, 0.5) is 5.69 Å². The van der Waals surface area contributed by atoms with Gasteiger partial charge in [-0.1, -0.05) is 12.1 Å². The fourth-order valence-electron chi connectivity index (χ4n) is 2.50. The van der Waals surface area contributed by atoms with E-state index in [0.717, 1.165) is 18.7 Å². The molecule has 2 aromatic carbocycles. The third-order valence-corrected chi connectivity index (χ3v) is 3.94. The molecule has 0 radical (unpaired) electrons. The number of rotatable bonds is 10. The zero-order chi connectivity index (χ0) is 18.8. The molecule has 0 spiro atoms. The molecule has 0 aliphatic heterocycles. The van der Waals surface area contributed by atoms with Gasteiger partial charge in [0.15, 0.2) is 0 Å². The molecule has 0 aliphatic rings. The lowest BCUT2D eigenvalue weighted by atomic mass is 10.1. The molecule has 140 valence electrons. The molecule has 0 saturated heterocycles. The second-order valence-corrected chi connectivity index (χ2v) is 5.72. The van der Waals surface area contributed by atoms with Crippen LogP contribution in [-0.4, -0.2) is 40.3 Å². The van der Waals surface area contributed by atoms with E-state index in [-0.39, 0.29) is 5.91 Å². The first-order valence-corrected chi connectivity index (χ1v) is 8.51. The zero-order valence-electron chi connectivity index (χ0n) is 15.5. The van der Waals surface area contributed by atoms with Crippen molar-refractivity contribution >= 4 is 11.6 Å². The summed E-state index contributed by atoms with van der Waals surface area (Å²) in [4.78, 5) is 12.1. The van der Waals surface area contributed by atoms with Gasteiger partial charge in [-0.3, -0.25) is 4.79 Å². The molecule has 2 N–H and O–H groups in total. The maximum Gasteiger partial charge on any atom is 0.225 e. The number of nitrogens with one attached hydrogen (secondary N) is 2. The molecule has 2 rings (SSSR count). The third kappa shape index (κ3) is 5.97. The number of carbonyl (C=O) groups is 1. The summed E-state index contributed by atoms with van der Waals surface area (Å²) in [6.45, 7) is 1.40. The third-order valence-electron chi connectivity index (χ3n) is 3.94. The zero-order valence-corrected chi connectivity index (χ0v) is 15.5. The lowest BCUT2D eigenvalue weighted by Gasteiger charge is -2.12. The van der Waals surface area contributed by atoms with Crippen LogP contribution in [0, 0.1) is 0 Å². The monoisotopic (exact) mass is 358 g/mol. The molecule has 6 heteroatoms. The summed E-state index contributed by atoms with van der Waals surface area (Å²) in [7, 11) is 4.81. The summed E-state index contributed by atoms with van der Waals surface area (Å²) >= 11 is 0. The van der Waals surface area contributed by atoms with E-state index in [2.05, 4.69) is 16.7 Å². The molecule has 0 unspecified atom stereocenters. The molecule has 1 amide bonds. The van der Waals surface area contributed by atoms with Gasteiger partial charge in [0.25, 0.3) is 0 Å². The fourth-order valence-corrected chi connectivity index (χ4v) is 2.50. The van der Waals surface area contributed by atoms with Crippen LogP contribution >= 0.6 is 0 Å². The van der Waals surface area contributed by atoms with E-state index in [0.29, 0.717) is 30.2 Å². The van der Waals surface area contributed by atoms with Gasteiger partial charge < -0.3 is 24.8 Å². The van der Waals surface area contributed by atoms with Crippen LogP contribution < -0.4 is 24.8 Å². The highest BCUT2D eigenvalue weighted by molar-refractivity contribution is 5.92. The van der Waals surface area contributed by atoms with Crippen molar-refractivity contribution in [2.75, 3.05) is 39.7 Å². The number of hydrogen-bond acceptors (Lipinski definition) is 5. The predicted molar refractivity (Wildman–Crippen MR) is 102 cm³/mol. The van der Waals surface area contributed by atoms with E-state index in [1.165, 1.54) is 5.56 Å². The Labute approximate surface area is 154 Å². The van der Waals surface area contributed by atoms with E-state index in [1.807, 2.05) is 18.2 Å². The van der Waals surface area contributed by atoms with E-state index in [1.54, 1.807) is 39.5 Å². The van der Waals surface area contributed by atoms with Crippen molar-refractivity contribution in [2.24, 2.45) is 0 Å². The number of carbonyl (C=O) groups excluding carboxylic acids is 1. The van der Waals surface area contributed by atoms with Gasteiger partial charge in [-0.25, -0.2) is 0 Å². The van der Waals surface area contributed by atoms with E-state index >= 15 is 0 Å². The normalized spacial score (nSPS) is 10.3. The molecule has 6 nitrogen and oxygen atoms in total. The van der Waals surface area contributed by atoms with Gasteiger partial charge in [0, 0.05) is 19.0 Å². The minimum atomic E-state index is -0.0673. The molecule has 0 saturated carbocycles. The Balaban J connectivity index is 1.72. The second-order valence-electron chi connectivity index (χ2n) is 5.72. The molecule has 0 aliphatic carbocycles. The van der Waals surface area contributed by atoms with Crippen LogP contribution in [0.1, 0.15) is 12.0 Å². The Morgan fingerprint density at radius 3 is 2.42 bits per heavy atom. The van der Waals surface area contributed by atoms with Crippen LogP contribution in [0.25, 0.3) is 0 Å². The predicted octanol–water partition coefficient (Wildman–Crippen LogP) is 2.87. The Hall–Kier alpha value is -2.73. The average Bonchev–Trinajstić information content (AvgIpc) is 2.68. The Morgan fingerprint density at radius 1 is 0.923 bits per heavy atom. The number of benzene rings is 2. The van der Waals surface area contributed by atoms with Gasteiger partial charge in [0.1, 0.15) is 17.2 Å². The maximum absolute atomic E-state index is 12.1. The number of amides is 1. The van der Waals surface area contributed by atoms with Gasteiger partial charge in [0.05, 0.1) is 27.0 Å². The Kier molecular flexibility index (Phi) is 7.76. The van der Waals surface area contributed by atoms with Crippen molar-refractivity contribution in [1.29, 1.82) is 0 Å². The highest BCUT2D eigenvalue weighted by Crippen LogP contribution is 2.29. The smallest absolute Gasteiger partial charge is 0.225 e. The van der Waals surface area contributed by atoms with Gasteiger partial charge in [-0.2, -0.15) is 0 Å². The lowest BCUT2D eigenvalue weighted by Crippen LogP contribution is -2.23. The molecule has 2 aromatic rings. The summed E-state index contributed by atoms with van der Waals surface area (Å²) < 4.78 is 15.6. The van der Waals surface area contributed by atoms with Crippen molar-refractivity contribution in [2.45, 2.75) is 12.8 Å². The molecule has 0 aromatic heterocycles. The molecule has 0 atom stereocenters. The van der Waals surface area contributed by atoms with E-state index in [9.17, 15) is 4.79 Å². The number of ether oxygens (including phenoxy) is 3. The average molecular weight is 358 g/mol. The number of hydrogen-bond donors (Lipinski definition) is 2. The Bertz CT molecular complexity index is 719. The maximum atomic E-state index is 12.1. The van der Waals surface area contributed by atoms with Crippen LogP contribution in [0.2, 0.25) is 0 Å². The van der Waals surface area contributed by atoms with Gasteiger partial charge in [-0.05, 0) is 42.8 Å². The summed E-state index contributed by atoms with van der Waals surface area (Å²) in [5, 5.41) is 6.14. The first-order valence-electron chi connectivity index (χ1n) is 8.51.